The number of hydrogen-bond donors (Lipinski definition) is 4. The highest BCUT2D eigenvalue weighted by molar-refractivity contribution is 7.94. The Labute approximate surface area is 355 Å². The van der Waals surface area contributed by atoms with Crippen molar-refractivity contribution in [3.63, 3.8) is 0 Å². The molecule has 6 rings (SSSR count). The molecular formula is C40H38N8O12S2. The Kier molecular flexibility index (Phi) is 13.6. The van der Waals surface area contributed by atoms with Crippen LogP contribution in [0.15, 0.2) is 134 Å². The van der Waals surface area contributed by atoms with Gasteiger partial charge in [0.25, 0.3) is 21.2 Å². The molecule has 0 atom stereocenters. The molecule has 4 N–H and O–H groups in total. The molecule has 0 aliphatic heterocycles. The Hall–Kier alpha value is -6.82. The molecule has 2 aromatic heterocycles. The Balaban J connectivity index is 1.43. The van der Waals surface area contributed by atoms with E-state index in [1.165, 1.54) is 30.3 Å². The molecule has 0 unspecified atom stereocenters. The van der Waals surface area contributed by atoms with Gasteiger partial charge in [0.05, 0.1) is 34.8 Å². The standard InChI is InChI=1S/C40H38N8O12S2/c1-5-19-45-35(49)33(37(51)47(39(45)53)27-13-7-23(3)8-14-27)43-41-25-11-17-29(31(21-25)61-60-59-55)30-18-12-26(22-32(30)62(56,57)58)42-44-34-36(50)46(20-6-2)40(54)48(38(34)52)28-15-9-24(4)10-16-28/h7-18,21-22,51-52,55H,5-6,19-20H2,1-4H3,(H,56,57,58). The zero-order chi connectivity index (χ0) is 44.9. The van der Waals surface area contributed by atoms with Crippen molar-refractivity contribution in [3.8, 4) is 34.3 Å². The van der Waals surface area contributed by atoms with Crippen molar-refractivity contribution in [2.75, 3.05) is 0 Å². The van der Waals surface area contributed by atoms with Crippen LogP contribution < -0.4 is 22.5 Å². The minimum absolute atomic E-state index is 0.00561. The van der Waals surface area contributed by atoms with E-state index in [-0.39, 0.29) is 51.9 Å². The predicted molar refractivity (Wildman–Crippen MR) is 227 cm³/mol. The van der Waals surface area contributed by atoms with Gasteiger partial charge in [-0.15, -0.1) is 14.6 Å². The predicted octanol–water partition coefficient (Wildman–Crippen LogP) is 7.33. The number of nitrogens with zero attached hydrogens (tertiary/aromatic N) is 8. The molecule has 0 amide bonds. The van der Waals surface area contributed by atoms with E-state index in [1.54, 1.807) is 62.4 Å². The molecule has 0 fully saturated rings. The van der Waals surface area contributed by atoms with Crippen LogP contribution in [0.4, 0.5) is 22.7 Å². The monoisotopic (exact) mass is 886 g/mol. The first-order valence-electron chi connectivity index (χ1n) is 18.6. The van der Waals surface area contributed by atoms with Crippen LogP contribution in [0.2, 0.25) is 0 Å². The summed E-state index contributed by atoms with van der Waals surface area (Å²) in [5.41, 5.74) is -2.64. The molecule has 20 nitrogen and oxygen atoms in total. The summed E-state index contributed by atoms with van der Waals surface area (Å²) in [5.74, 6) is -1.58. The summed E-state index contributed by atoms with van der Waals surface area (Å²) in [5, 5.41) is 51.0. The normalized spacial score (nSPS) is 11.9. The molecule has 0 radical (unpaired) electrons. The van der Waals surface area contributed by atoms with Gasteiger partial charge in [0.2, 0.25) is 23.1 Å². The number of aromatic hydroxyl groups is 2. The summed E-state index contributed by atoms with van der Waals surface area (Å²) in [6, 6.07) is 20.6. The van der Waals surface area contributed by atoms with Crippen LogP contribution in [0.1, 0.15) is 37.8 Å². The molecule has 0 saturated heterocycles. The lowest BCUT2D eigenvalue weighted by molar-refractivity contribution is -0.432. The van der Waals surface area contributed by atoms with Crippen LogP contribution >= 0.6 is 12.0 Å². The Bertz CT molecular complexity index is 3090. The van der Waals surface area contributed by atoms with Gasteiger partial charge in [-0.05, 0) is 80.8 Å². The van der Waals surface area contributed by atoms with Crippen LogP contribution in [0.5, 0.6) is 11.8 Å². The number of rotatable bonds is 15. The third kappa shape index (κ3) is 9.24. The van der Waals surface area contributed by atoms with Gasteiger partial charge < -0.3 is 10.2 Å². The molecule has 322 valence electrons. The lowest BCUT2D eigenvalue weighted by Gasteiger charge is -2.14. The van der Waals surface area contributed by atoms with E-state index in [0.29, 0.717) is 24.9 Å². The highest BCUT2D eigenvalue weighted by atomic mass is 32.2. The number of azo groups is 2. The molecule has 4 aromatic carbocycles. The van der Waals surface area contributed by atoms with Crippen molar-refractivity contribution in [3.05, 3.63) is 138 Å². The van der Waals surface area contributed by atoms with E-state index >= 15 is 0 Å². The Morgan fingerprint density at radius 3 is 1.48 bits per heavy atom. The fourth-order valence-electron chi connectivity index (χ4n) is 6.27. The molecule has 0 bridgehead atoms. The zero-order valence-corrected chi connectivity index (χ0v) is 35.0. The van der Waals surface area contributed by atoms with E-state index in [4.69, 9.17) is 5.26 Å². The third-order valence-electron chi connectivity index (χ3n) is 9.25. The minimum Gasteiger partial charge on any atom is -0.492 e. The second kappa shape index (κ2) is 18.8. The van der Waals surface area contributed by atoms with Gasteiger partial charge >= 0.3 is 11.4 Å². The van der Waals surface area contributed by atoms with Crippen molar-refractivity contribution >= 4 is 44.9 Å². The van der Waals surface area contributed by atoms with Crippen LogP contribution in [0.3, 0.4) is 0 Å². The molecule has 0 spiro atoms. The Morgan fingerprint density at radius 1 is 0.629 bits per heavy atom. The molecule has 2 heterocycles. The highest BCUT2D eigenvalue weighted by Gasteiger charge is 2.24. The molecule has 62 heavy (non-hydrogen) atoms. The van der Waals surface area contributed by atoms with Gasteiger partial charge in [0, 0.05) is 23.5 Å². The minimum atomic E-state index is -5.04. The van der Waals surface area contributed by atoms with E-state index in [9.17, 15) is 42.4 Å². The van der Waals surface area contributed by atoms with Crippen molar-refractivity contribution in [1.82, 2.24) is 18.3 Å². The maximum atomic E-state index is 13.4. The summed E-state index contributed by atoms with van der Waals surface area (Å²) in [6.45, 7) is 7.17. The molecule has 6 aromatic rings. The Morgan fingerprint density at radius 2 is 1.06 bits per heavy atom. The second-order valence-corrected chi connectivity index (χ2v) is 15.8. The molecule has 0 aliphatic carbocycles. The average molecular weight is 887 g/mol. The maximum absolute atomic E-state index is 13.4. The third-order valence-corrected chi connectivity index (χ3v) is 10.8. The van der Waals surface area contributed by atoms with E-state index in [2.05, 4.69) is 29.8 Å². The number of aryl methyl sites for hydroxylation is 2. The average Bonchev–Trinajstić information content (AvgIpc) is 3.24. The van der Waals surface area contributed by atoms with Crippen molar-refractivity contribution in [2.24, 2.45) is 20.5 Å². The van der Waals surface area contributed by atoms with E-state index in [0.717, 1.165) is 35.5 Å². The summed E-state index contributed by atoms with van der Waals surface area (Å²) < 4.78 is 44.3. The lowest BCUT2D eigenvalue weighted by Crippen LogP contribution is -2.38. The van der Waals surface area contributed by atoms with Gasteiger partial charge in [0.15, 0.2) is 0 Å². The first-order chi connectivity index (χ1) is 29.6. The number of aromatic nitrogens is 4. The van der Waals surface area contributed by atoms with E-state index < -0.39 is 60.6 Å². The zero-order valence-electron chi connectivity index (χ0n) is 33.4. The smallest absolute Gasteiger partial charge is 0.338 e. The van der Waals surface area contributed by atoms with Crippen LogP contribution in [0.25, 0.3) is 22.5 Å². The summed E-state index contributed by atoms with van der Waals surface area (Å²) in [6.07, 6.45) is 0.793. The lowest BCUT2D eigenvalue weighted by atomic mass is 10.0. The second-order valence-electron chi connectivity index (χ2n) is 13.6. The van der Waals surface area contributed by atoms with Gasteiger partial charge in [-0.2, -0.15) is 18.6 Å². The topological polar surface area (TPSA) is 271 Å². The molecule has 0 aliphatic rings. The summed E-state index contributed by atoms with van der Waals surface area (Å²) in [7, 11) is -5.04. The van der Waals surface area contributed by atoms with Crippen LogP contribution in [-0.4, -0.2) is 46.7 Å². The highest BCUT2D eigenvalue weighted by Crippen LogP contribution is 2.40. The van der Waals surface area contributed by atoms with E-state index in [1.807, 2.05) is 13.8 Å². The van der Waals surface area contributed by atoms with Crippen molar-refractivity contribution in [1.29, 1.82) is 0 Å². The van der Waals surface area contributed by atoms with Crippen molar-refractivity contribution in [2.45, 2.75) is 63.4 Å². The fraction of sp³-hybridized carbons (Fsp3) is 0.200. The van der Waals surface area contributed by atoms with Gasteiger partial charge in [-0.3, -0.25) is 23.3 Å². The van der Waals surface area contributed by atoms with Crippen LogP contribution in [-0.2, 0) is 32.6 Å². The first-order valence-corrected chi connectivity index (χ1v) is 20.8. The largest absolute Gasteiger partial charge is 0.492 e. The quantitative estimate of drug-likeness (QED) is 0.0259. The SMILES string of the molecule is CCCn1c(=O)c(N=Nc2ccc(-c3ccc(N=Nc4c(O)n(-c5ccc(C)cc5)c(=O)n(CCC)c4=O)cc3S(=O)(=O)O)c(SOOO)c2)c(O)n(-c2ccc(C)cc2)c1=O. The number of benzene rings is 4. The molecule has 22 heteroatoms. The van der Waals surface area contributed by atoms with Crippen LogP contribution in [0, 0.1) is 13.8 Å². The first kappa shape index (κ1) is 44.7. The fourth-order valence-corrected chi connectivity index (χ4v) is 7.53. The van der Waals surface area contributed by atoms with Gasteiger partial charge in [-0.1, -0.05) is 66.4 Å². The maximum Gasteiger partial charge on any atom is 0.338 e. The molecule has 0 saturated carbocycles. The van der Waals surface area contributed by atoms with Gasteiger partial charge in [-0.25, -0.2) is 24.0 Å². The number of hydrogen-bond acceptors (Lipinski definition) is 16. The molecular weight excluding hydrogens is 849 g/mol. The summed E-state index contributed by atoms with van der Waals surface area (Å²) in [4.78, 5) is 52.7. The van der Waals surface area contributed by atoms with Crippen molar-refractivity contribution < 1.29 is 37.8 Å². The summed E-state index contributed by atoms with van der Waals surface area (Å²) >= 11 is 0.391. The van der Waals surface area contributed by atoms with Gasteiger partial charge in [0.1, 0.15) is 4.90 Å².